The minimum Gasteiger partial charge on any atom is -0.378 e. The Bertz CT molecular complexity index is 1120. The fourth-order valence-corrected chi connectivity index (χ4v) is 5.19. The number of carbonyl (C=O) groups excluding carboxylic acids is 1. The van der Waals surface area contributed by atoms with Crippen molar-refractivity contribution in [1.29, 1.82) is 0 Å². The average molecular weight is 471 g/mol. The quantitative estimate of drug-likeness (QED) is 0.524. The molecule has 1 saturated heterocycles. The molecule has 1 N–H and O–H groups in total. The predicted octanol–water partition coefficient (Wildman–Crippen LogP) is 3.92. The molecule has 0 bridgehead atoms. The van der Waals surface area contributed by atoms with E-state index in [2.05, 4.69) is 62.0 Å². The first kappa shape index (κ1) is 21.4. The second-order valence-electron chi connectivity index (χ2n) is 8.16. The Morgan fingerprint density at radius 1 is 1.22 bits per heavy atom. The van der Waals surface area contributed by atoms with Gasteiger partial charge in [0.15, 0.2) is 10.3 Å². The van der Waals surface area contributed by atoms with Gasteiger partial charge in [0.25, 0.3) is 0 Å². The molecule has 168 valence electrons. The molecule has 1 aliphatic heterocycles. The highest BCUT2D eigenvalue weighted by Gasteiger charge is 2.32. The van der Waals surface area contributed by atoms with Crippen LogP contribution in [-0.2, 0) is 9.53 Å². The second kappa shape index (κ2) is 9.21. The zero-order chi connectivity index (χ0) is 22.1. The molecule has 1 aliphatic carbocycles. The Balaban J connectivity index is 1.22. The number of nitrogens with one attached hydrogen (secondary N) is 1. The molecule has 0 unspecified atom stereocenters. The summed E-state index contributed by atoms with van der Waals surface area (Å²) in [5.41, 5.74) is 4.43. The molecule has 2 aromatic heterocycles. The maximum Gasteiger partial charge on any atom is 0.236 e. The summed E-state index contributed by atoms with van der Waals surface area (Å²) >= 11 is 2.87. The van der Waals surface area contributed by atoms with Gasteiger partial charge in [0.2, 0.25) is 11.9 Å². The molecule has 0 spiro atoms. The zero-order valence-electron chi connectivity index (χ0n) is 18.2. The average Bonchev–Trinajstić information content (AvgIpc) is 3.38. The molecule has 10 heteroatoms. The van der Waals surface area contributed by atoms with Gasteiger partial charge in [-0.05, 0) is 43.9 Å². The normalized spacial score (nSPS) is 16.4. The van der Waals surface area contributed by atoms with Gasteiger partial charge in [-0.3, -0.25) is 9.36 Å². The molecule has 0 radical (unpaired) electrons. The van der Waals surface area contributed by atoms with E-state index in [1.165, 1.54) is 34.2 Å². The van der Waals surface area contributed by atoms with E-state index in [4.69, 9.17) is 4.74 Å². The Labute approximate surface area is 195 Å². The van der Waals surface area contributed by atoms with Crippen LogP contribution in [0.3, 0.4) is 0 Å². The van der Waals surface area contributed by atoms with Crippen LogP contribution in [0.4, 0.5) is 11.1 Å². The third-order valence-corrected chi connectivity index (χ3v) is 7.44. The number of hydrogen-bond acceptors (Lipinski definition) is 8. The first-order valence-corrected chi connectivity index (χ1v) is 12.7. The van der Waals surface area contributed by atoms with Gasteiger partial charge in [-0.25, -0.2) is 4.98 Å². The van der Waals surface area contributed by atoms with E-state index in [-0.39, 0.29) is 11.7 Å². The van der Waals surface area contributed by atoms with Crippen molar-refractivity contribution in [1.82, 2.24) is 19.7 Å². The number of rotatable bonds is 7. The molecule has 3 heterocycles. The number of thiazole rings is 1. The van der Waals surface area contributed by atoms with Crippen molar-refractivity contribution in [3.63, 3.8) is 0 Å². The van der Waals surface area contributed by atoms with Gasteiger partial charge in [-0.15, -0.1) is 21.5 Å². The molecule has 5 rings (SSSR count). The van der Waals surface area contributed by atoms with E-state index < -0.39 is 0 Å². The summed E-state index contributed by atoms with van der Waals surface area (Å²) in [5.74, 6) is 1.08. The van der Waals surface area contributed by atoms with Gasteiger partial charge in [-0.2, -0.15) is 0 Å². The SMILES string of the molecule is Cc1ccc(-c2csc(NC(=O)CSc3nnc(N4CCOCC4)n3C3CC3)n2)cc1C. The van der Waals surface area contributed by atoms with Crippen LogP contribution < -0.4 is 10.2 Å². The Kier molecular flexibility index (Phi) is 6.16. The molecular formula is C22H26N6O2S2. The number of thioether (sulfide) groups is 1. The molecular weight excluding hydrogens is 444 g/mol. The van der Waals surface area contributed by atoms with Crippen LogP contribution in [0.2, 0.25) is 0 Å². The molecule has 32 heavy (non-hydrogen) atoms. The first-order chi connectivity index (χ1) is 15.6. The second-order valence-corrected chi connectivity index (χ2v) is 9.96. The number of aryl methyl sites for hydroxylation is 2. The number of hydrogen-bond donors (Lipinski definition) is 1. The van der Waals surface area contributed by atoms with Crippen molar-refractivity contribution in [3.05, 3.63) is 34.7 Å². The molecule has 1 amide bonds. The Hall–Kier alpha value is -2.43. The lowest BCUT2D eigenvalue weighted by molar-refractivity contribution is -0.113. The molecule has 2 fully saturated rings. The highest BCUT2D eigenvalue weighted by molar-refractivity contribution is 7.99. The highest BCUT2D eigenvalue weighted by atomic mass is 32.2. The minimum atomic E-state index is -0.0887. The topological polar surface area (TPSA) is 85.2 Å². The van der Waals surface area contributed by atoms with Crippen LogP contribution in [0.25, 0.3) is 11.3 Å². The minimum absolute atomic E-state index is 0.0887. The van der Waals surface area contributed by atoms with Crippen LogP contribution in [0.15, 0.2) is 28.7 Å². The van der Waals surface area contributed by atoms with Crippen LogP contribution in [0, 0.1) is 13.8 Å². The maximum absolute atomic E-state index is 12.6. The van der Waals surface area contributed by atoms with Crippen molar-refractivity contribution in [2.24, 2.45) is 0 Å². The van der Waals surface area contributed by atoms with Crippen LogP contribution in [0.1, 0.15) is 30.0 Å². The number of ether oxygens (including phenoxy) is 1. The van der Waals surface area contributed by atoms with Crippen LogP contribution in [-0.4, -0.2) is 57.7 Å². The summed E-state index contributed by atoms with van der Waals surface area (Å²) in [6.07, 6.45) is 2.27. The van der Waals surface area contributed by atoms with Gasteiger partial charge >= 0.3 is 0 Å². The van der Waals surface area contributed by atoms with Crippen molar-refractivity contribution in [3.8, 4) is 11.3 Å². The van der Waals surface area contributed by atoms with Gasteiger partial charge in [-0.1, -0.05) is 23.9 Å². The van der Waals surface area contributed by atoms with E-state index in [1.54, 1.807) is 0 Å². The van der Waals surface area contributed by atoms with Gasteiger partial charge in [0.1, 0.15) is 0 Å². The fourth-order valence-electron chi connectivity index (χ4n) is 3.65. The smallest absolute Gasteiger partial charge is 0.236 e. The van der Waals surface area contributed by atoms with Crippen molar-refractivity contribution >= 4 is 40.1 Å². The monoisotopic (exact) mass is 470 g/mol. The number of aromatic nitrogens is 4. The summed E-state index contributed by atoms with van der Waals surface area (Å²) in [7, 11) is 0. The van der Waals surface area contributed by atoms with Crippen LogP contribution in [0.5, 0.6) is 0 Å². The molecule has 1 saturated carbocycles. The lowest BCUT2D eigenvalue weighted by Gasteiger charge is -2.27. The number of benzene rings is 1. The summed E-state index contributed by atoms with van der Waals surface area (Å²) < 4.78 is 7.66. The third kappa shape index (κ3) is 4.67. The standard InChI is InChI=1S/C22H26N6O2S2/c1-14-3-4-16(11-15(14)2)18-12-31-20(23-18)24-19(29)13-32-22-26-25-21(28(22)17-5-6-17)27-7-9-30-10-8-27/h3-4,11-12,17H,5-10,13H2,1-2H3,(H,23,24,29). The molecule has 0 atom stereocenters. The van der Waals surface area contributed by atoms with Gasteiger partial charge in [0.05, 0.1) is 24.7 Å². The zero-order valence-corrected chi connectivity index (χ0v) is 19.8. The Morgan fingerprint density at radius 2 is 2.03 bits per heavy atom. The first-order valence-electron chi connectivity index (χ1n) is 10.8. The molecule has 2 aliphatic rings. The Morgan fingerprint density at radius 3 is 2.78 bits per heavy atom. The number of anilines is 2. The van der Waals surface area contributed by atoms with E-state index in [1.807, 2.05) is 5.38 Å². The number of amides is 1. The van der Waals surface area contributed by atoms with E-state index >= 15 is 0 Å². The number of morpholine rings is 1. The largest absolute Gasteiger partial charge is 0.378 e. The predicted molar refractivity (Wildman–Crippen MR) is 128 cm³/mol. The number of nitrogens with zero attached hydrogens (tertiary/aromatic N) is 5. The van der Waals surface area contributed by atoms with E-state index in [0.29, 0.717) is 24.4 Å². The number of carbonyl (C=O) groups is 1. The van der Waals surface area contributed by atoms with Crippen molar-refractivity contribution in [2.45, 2.75) is 37.9 Å². The van der Waals surface area contributed by atoms with E-state index in [0.717, 1.165) is 48.3 Å². The highest BCUT2D eigenvalue weighted by Crippen LogP contribution is 2.41. The summed E-state index contributed by atoms with van der Waals surface area (Å²) in [6, 6.07) is 6.73. The lowest BCUT2D eigenvalue weighted by Crippen LogP contribution is -2.38. The maximum atomic E-state index is 12.6. The summed E-state index contributed by atoms with van der Waals surface area (Å²) in [5, 5.41) is 15.1. The van der Waals surface area contributed by atoms with Gasteiger partial charge < -0.3 is 15.0 Å². The van der Waals surface area contributed by atoms with Gasteiger partial charge in [0, 0.05) is 30.1 Å². The molecule has 3 aromatic rings. The molecule has 8 nitrogen and oxygen atoms in total. The summed E-state index contributed by atoms with van der Waals surface area (Å²) in [4.78, 5) is 19.4. The van der Waals surface area contributed by atoms with Crippen LogP contribution >= 0.6 is 23.1 Å². The molecule has 1 aromatic carbocycles. The lowest BCUT2D eigenvalue weighted by atomic mass is 10.1. The van der Waals surface area contributed by atoms with Crippen molar-refractivity contribution < 1.29 is 9.53 Å². The fraction of sp³-hybridized carbons (Fsp3) is 0.455. The summed E-state index contributed by atoms with van der Waals surface area (Å²) in [6.45, 7) is 7.25. The van der Waals surface area contributed by atoms with E-state index in [9.17, 15) is 4.79 Å². The third-order valence-electron chi connectivity index (χ3n) is 5.74. The van der Waals surface area contributed by atoms with Crippen molar-refractivity contribution in [2.75, 3.05) is 42.3 Å².